The molecule has 0 amide bonds. The maximum atomic E-state index is 5.70. The Labute approximate surface area is 100 Å². The highest BCUT2D eigenvalue weighted by Crippen LogP contribution is 2.14. The number of hydrogen-bond acceptors (Lipinski definition) is 4. The van der Waals surface area contributed by atoms with Crippen molar-refractivity contribution < 1.29 is 0 Å². The Morgan fingerprint density at radius 1 is 1.31 bits per heavy atom. The molecule has 1 fully saturated rings. The van der Waals surface area contributed by atoms with E-state index in [2.05, 4.69) is 36.2 Å². The maximum Gasteiger partial charge on any atom is 0.0387 e. The molecule has 1 rings (SSSR count). The number of hydrogen-bond donors (Lipinski definition) is 2. The van der Waals surface area contributed by atoms with Crippen molar-refractivity contribution in [3.63, 3.8) is 0 Å². The lowest BCUT2D eigenvalue weighted by atomic mass is 9.98. The van der Waals surface area contributed by atoms with Gasteiger partial charge in [0.2, 0.25) is 0 Å². The van der Waals surface area contributed by atoms with Gasteiger partial charge in [-0.15, -0.1) is 0 Å². The van der Waals surface area contributed by atoms with Crippen LogP contribution in [0, 0.1) is 0 Å². The molecule has 1 aliphatic heterocycles. The highest BCUT2D eigenvalue weighted by Gasteiger charge is 2.28. The number of piperazine rings is 1. The van der Waals surface area contributed by atoms with Crippen LogP contribution >= 0.6 is 0 Å². The van der Waals surface area contributed by atoms with E-state index in [4.69, 9.17) is 5.84 Å². The fourth-order valence-electron chi connectivity index (χ4n) is 2.48. The Bertz CT molecular complexity index is 186. The van der Waals surface area contributed by atoms with Gasteiger partial charge in [0.25, 0.3) is 0 Å². The van der Waals surface area contributed by atoms with Gasteiger partial charge in [0, 0.05) is 31.7 Å². The minimum Gasteiger partial charge on any atom is -0.303 e. The molecular formula is C12H28N4. The molecule has 1 saturated heterocycles. The lowest BCUT2D eigenvalue weighted by Crippen LogP contribution is -2.59. The molecule has 0 aliphatic carbocycles. The number of nitrogens with one attached hydrogen (secondary N) is 1. The normalized spacial score (nSPS) is 25.9. The van der Waals surface area contributed by atoms with Gasteiger partial charge in [-0.05, 0) is 20.5 Å². The van der Waals surface area contributed by atoms with Crippen LogP contribution in [0.15, 0.2) is 0 Å². The van der Waals surface area contributed by atoms with Crippen LogP contribution in [0.2, 0.25) is 0 Å². The lowest BCUT2D eigenvalue weighted by molar-refractivity contribution is 0.0845. The number of hydrazine groups is 1. The molecule has 0 bridgehead atoms. The van der Waals surface area contributed by atoms with Crippen molar-refractivity contribution >= 4 is 0 Å². The average molecular weight is 228 g/mol. The number of unbranched alkanes of at least 4 members (excludes halogenated alkanes) is 2. The van der Waals surface area contributed by atoms with E-state index in [1.165, 1.54) is 32.2 Å². The van der Waals surface area contributed by atoms with E-state index in [9.17, 15) is 0 Å². The first kappa shape index (κ1) is 13.9. The Hall–Kier alpha value is -0.160. The van der Waals surface area contributed by atoms with E-state index in [1.54, 1.807) is 0 Å². The van der Waals surface area contributed by atoms with Crippen LogP contribution in [0.25, 0.3) is 0 Å². The van der Waals surface area contributed by atoms with Crippen molar-refractivity contribution in [2.75, 3.05) is 33.7 Å². The van der Waals surface area contributed by atoms with Gasteiger partial charge in [-0.1, -0.05) is 26.2 Å². The summed E-state index contributed by atoms with van der Waals surface area (Å²) in [7, 11) is 4.40. The van der Waals surface area contributed by atoms with Crippen molar-refractivity contribution in [3.8, 4) is 0 Å². The molecule has 0 radical (unpaired) electrons. The smallest absolute Gasteiger partial charge is 0.0387 e. The van der Waals surface area contributed by atoms with E-state index in [0.29, 0.717) is 12.1 Å². The van der Waals surface area contributed by atoms with Crippen molar-refractivity contribution in [2.24, 2.45) is 5.84 Å². The molecule has 96 valence electrons. The van der Waals surface area contributed by atoms with E-state index in [-0.39, 0.29) is 0 Å². The van der Waals surface area contributed by atoms with Crippen LogP contribution in [-0.4, -0.2) is 55.6 Å². The monoisotopic (exact) mass is 228 g/mol. The van der Waals surface area contributed by atoms with Crippen molar-refractivity contribution in [2.45, 2.75) is 44.7 Å². The quantitative estimate of drug-likeness (QED) is 0.398. The highest BCUT2D eigenvalue weighted by atomic mass is 15.3. The van der Waals surface area contributed by atoms with E-state index >= 15 is 0 Å². The molecule has 2 atom stereocenters. The summed E-state index contributed by atoms with van der Waals surface area (Å²) < 4.78 is 0. The van der Waals surface area contributed by atoms with Crippen molar-refractivity contribution in [1.29, 1.82) is 0 Å². The molecule has 0 aromatic heterocycles. The largest absolute Gasteiger partial charge is 0.303 e. The Morgan fingerprint density at radius 2 is 2.06 bits per heavy atom. The maximum absolute atomic E-state index is 5.70. The fraction of sp³-hybridized carbons (Fsp3) is 1.00. The van der Waals surface area contributed by atoms with Gasteiger partial charge in [0.15, 0.2) is 0 Å². The number of nitrogens with two attached hydrogens (primary N) is 1. The molecule has 1 aliphatic rings. The SMILES string of the molecule is CCCCCC(NN)C1CN(C)CCN1C. The molecule has 0 aromatic carbocycles. The highest BCUT2D eigenvalue weighted by molar-refractivity contribution is 4.87. The van der Waals surface area contributed by atoms with Gasteiger partial charge in [0.1, 0.15) is 0 Å². The lowest BCUT2D eigenvalue weighted by Gasteiger charge is -2.41. The summed E-state index contributed by atoms with van der Waals surface area (Å²) in [5.74, 6) is 5.70. The number of likely N-dealkylation sites (N-methyl/N-ethyl adjacent to an activating group) is 2. The van der Waals surface area contributed by atoms with Gasteiger partial charge in [-0.2, -0.15) is 0 Å². The van der Waals surface area contributed by atoms with E-state index in [0.717, 1.165) is 13.1 Å². The van der Waals surface area contributed by atoms with Crippen molar-refractivity contribution in [3.05, 3.63) is 0 Å². The minimum atomic E-state index is 0.430. The standard InChI is InChI=1S/C12H28N4/c1-4-5-6-7-11(14-13)12-10-15(2)8-9-16(12)3/h11-12,14H,4-10,13H2,1-3H3. The molecule has 0 spiro atoms. The molecule has 2 unspecified atom stereocenters. The fourth-order valence-corrected chi connectivity index (χ4v) is 2.48. The third-order valence-electron chi connectivity index (χ3n) is 3.70. The third kappa shape index (κ3) is 4.01. The summed E-state index contributed by atoms with van der Waals surface area (Å²) in [4.78, 5) is 4.84. The molecule has 4 nitrogen and oxygen atoms in total. The van der Waals surface area contributed by atoms with Crippen molar-refractivity contribution in [1.82, 2.24) is 15.2 Å². The van der Waals surface area contributed by atoms with Crippen LogP contribution in [0.4, 0.5) is 0 Å². The van der Waals surface area contributed by atoms with Gasteiger partial charge < -0.3 is 4.90 Å². The van der Waals surface area contributed by atoms with Gasteiger partial charge in [0.05, 0.1) is 0 Å². The minimum absolute atomic E-state index is 0.430. The predicted molar refractivity (Wildman–Crippen MR) is 69.2 cm³/mol. The van der Waals surface area contributed by atoms with E-state index < -0.39 is 0 Å². The van der Waals surface area contributed by atoms with Crippen LogP contribution in [0.3, 0.4) is 0 Å². The topological polar surface area (TPSA) is 44.5 Å². The molecule has 0 saturated carbocycles. The Balaban J connectivity index is 2.42. The zero-order valence-electron chi connectivity index (χ0n) is 11.1. The molecule has 3 N–H and O–H groups in total. The van der Waals surface area contributed by atoms with Crippen LogP contribution in [0.1, 0.15) is 32.6 Å². The van der Waals surface area contributed by atoms with E-state index in [1.807, 2.05) is 0 Å². The first-order chi connectivity index (χ1) is 7.69. The molecular weight excluding hydrogens is 200 g/mol. The summed E-state index contributed by atoms with van der Waals surface area (Å²) in [5.41, 5.74) is 3.01. The van der Waals surface area contributed by atoms with Crippen LogP contribution in [-0.2, 0) is 0 Å². The first-order valence-electron chi connectivity index (χ1n) is 6.54. The molecule has 4 heteroatoms. The van der Waals surface area contributed by atoms with Crippen LogP contribution in [0.5, 0.6) is 0 Å². The second-order valence-electron chi connectivity index (χ2n) is 5.08. The number of nitrogens with zero attached hydrogens (tertiary/aromatic N) is 2. The second-order valence-corrected chi connectivity index (χ2v) is 5.08. The summed E-state index contributed by atoms with van der Waals surface area (Å²) >= 11 is 0. The van der Waals surface area contributed by atoms with Gasteiger partial charge in [-0.3, -0.25) is 16.2 Å². The summed E-state index contributed by atoms with van der Waals surface area (Å²) in [6.45, 7) is 5.68. The second kappa shape index (κ2) is 7.22. The summed E-state index contributed by atoms with van der Waals surface area (Å²) in [6.07, 6.45) is 5.05. The van der Waals surface area contributed by atoms with Gasteiger partial charge >= 0.3 is 0 Å². The molecule has 0 aromatic rings. The Kier molecular flexibility index (Phi) is 6.28. The van der Waals surface area contributed by atoms with Gasteiger partial charge in [-0.25, -0.2) is 0 Å². The zero-order chi connectivity index (χ0) is 12.0. The Morgan fingerprint density at radius 3 is 2.69 bits per heavy atom. The zero-order valence-corrected chi connectivity index (χ0v) is 11.1. The summed E-state index contributed by atoms with van der Waals surface area (Å²) in [6, 6.07) is 0.986. The molecule has 1 heterocycles. The third-order valence-corrected chi connectivity index (χ3v) is 3.70. The molecule has 16 heavy (non-hydrogen) atoms. The average Bonchev–Trinajstić information content (AvgIpc) is 2.28. The number of rotatable bonds is 6. The summed E-state index contributed by atoms with van der Waals surface area (Å²) in [5, 5.41) is 0. The first-order valence-corrected chi connectivity index (χ1v) is 6.54. The van der Waals surface area contributed by atoms with Crippen LogP contribution < -0.4 is 11.3 Å². The predicted octanol–water partition coefficient (Wildman–Crippen LogP) is 0.644.